The van der Waals surface area contributed by atoms with E-state index in [-0.39, 0.29) is 16.9 Å². The van der Waals surface area contributed by atoms with Crippen LogP contribution in [0.25, 0.3) is 0 Å². The summed E-state index contributed by atoms with van der Waals surface area (Å²) in [5, 5.41) is 17.2. The fourth-order valence-corrected chi connectivity index (χ4v) is 3.85. The number of carboxylic acids is 2. The third-order valence-corrected chi connectivity index (χ3v) is 5.54. The van der Waals surface area contributed by atoms with Crippen LogP contribution >= 0.6 is 23.5 Å². The van der Waals surface area contributed by atoms with Gasteiger partial charge in [-0.1, -0.05) is 13.0 Å². The van der Waals surface area contributed by atoms with Crippen LogP contribution in [-0.2, 0) is 9.59 Å². The molecule has 0 saturated carbocycles. The van der Waals surface area contributed by atoms with Crippen LogP contribution in [0, 0.1) is 0 Å². The van der Waals surface area contributed by atoms with Gasteiger partial charge in [-0.25, -0.2) is 0 Å². The van der Waals surface area contributed by atoms with E-state index in [1.165, 1.54) is 23.5 Å². The fraction of sp³-hybridized carbons (Fsp3) is 0.636. The van der Waals surface area contributed by atoms with Crippen LogP contribution in [0.15, 0.2) is 12.7 Å². The Hall–Kier alpha value is -0.620. The number of hydrogen-bond acceptors (Lipinski definition) is 4. The van der Waals surface area contributed by atoms with Gasteiger partial charge in [-0.2, -0.15) is 0 Å². The van der Waals surface area contributed by atoms with E-state index < -0.39 is 11.9 Å². The summed E-state index contributed by atoms with van der Waals surface area (Å²) in [5.74, 6) is -0.617. The zero-order chi connectivity index (χ0) is 13.3. The van der Waals surface area contributed by atoms with Gasteiger partial charge < -0.3 is 10.2 Å². The number of rotatable bonds is 10. The molecule has 0 heterocycles. The van der Waals surface area contributed by atoms with Crippen LogP contribution in [0.2, 0.25) is 0 Å². The monoisotopic (exact) mass is 278 g/mol. The van der Waals surface area contributed by atoms with Crippen LogP contribution in [0.1, 0.15) is 26.2 Å². The first-order valence-corrected chi connectivity index (χ1v) is 7.28. The molecule has 0 aliphatic rings. The average molecular weight is 278 g/mol. The Morgan fingerprint density at radius 3 is 1.82 bits per heavy atom. The smallest absolute Gasteiger partial charge is 0.304 e. The van der Waals surface area contributed by atoms with Gasteiger partial charge in [0.05, 0.1) is 16.9 Å². The molecule has 0 spiro atoms. The maximum atomic E-state index is 10.4. The number of hydrogen-bond donors (Lipinski definition) is 2. The van der Waals surface area contributed by atoms with Crippen molar-refractivity contribution in [1.82, 2.24) is 0 Å². The maximum absolute atomic E-state index is 10.4. The second kappa shape index (κ2) is 8.47. The summed E-state index contributed by atoms with van der Waals surface area (Å²) in [4.78, 5) is 20.9. The van der Waals surface area contributed by atoms with E-state index in [4.69, 9.17) is 10.2 Å². The fourth-order valence-electron chi connectivity index (χ4n) is 1.13. The zero-order valence-electron chi connectivity index (χ0n) is 9.85. The maximum Gasteiger partial charge on any atom is 0.304 e. The van der Waals surface area contributed by atoms with Gasteiger partial charge in [0.1, 0.15) is 0 Å². The molecular formula is C11H18O4S2. The quantitative estimate of drug-likeness (QED) is 0.473. The summed E-state index contributed by atoms with van der Waals surface area (Å²) in [6.45, 7) is 5.75. The minimum Gasteiger partial charge on any atom is -0.481 e. The molecule has 0 atom stereocenters. The van der Waals surface area contributed by atoms with E-state index in [0.29, 0.717) is 11.5 Å². The molecule has 98 valence electrons. The second-order valence-electron chi connectivity index (χ2n) is 3.35. The lowest BCUT2D eigenvalue weighted by atomic mass is 10.3. The van der Waals surface area contributed by atoms with Crippen molar-refractivity contribution in [3.05, 3.63) is 12.7 Å². The van der Waals surface area contributed by atoms with Crippen molar-refractivity contribution in [2.75, 3.05) is 11.5 Å². The van der Waals surface area contributed by atoms with Gasteiger partial charge in [-0.15, -0.1) is 30.1 Å². The van der Waals surface area contributed by atoms with Crippen molar-refractivity contribution >= 4 is 35.5 Å². The Labute approximate surface area is 110 Å². The van der Waals surface area contributed by atoms with Crippen LogP contribution in [-0.4, -0.2) is 37.7 Å². The Bertz CT molecular complexity index is 259. The highest BCUT2D eigenvalue weighted by Gasteiger charge is 2.25. The summed E-state index contributed by atoms with van der Waals surface area (Å²) in [6.07, 6.45) is 2.80. The number of thioether (sulfide) groups is 2. The minimum absolute atomic E-state index is 0.111. The lowest BCUT2D eigenvalue weighted by Gasteiger charge is -2.27. The van der Waals surface area contributed by atoms with E-state index in [9.17, 15) is 9.59 Å². The highest BCUT2D eigenvalue weighted by molar-refractivity contribution is 8.18. The SMILES string of the molecule is C=CC(CC)(SCCC(=O)O)SCCC(=O)O. The molecule has 0 aliphatic heterocycles. The van der Waals surface area contributed by atoms with Crippen LogP contribution < -0.4 is 0 Å². The third kappa shape index (κ3) is 7.33. The van der Waals surface area contributed by atoms with Crippen LogP contribution in [0.5, 0.6) is 0 Å². The molecule has 0 aromatic rings. The summed E-state index contributed by atoms with van der Waals surface area (Å²) >= 11 is 3.04. The highest BCUT2D eigenvalue weighted by Crippen LogP contribution is 2.41. The lowest BCUT2D eigenvalue weighted by Crippen LogP contribution is -2.18. The Morgan fingerprint density at radius 1 is 1.18 bits per heavy atom. The first-order valence-electron chi connectivity index (χ1n) is 5.31. The van der Waals surface area contributed by atoms with Gasteiger partial charge in [0.15, 0.2) is 0 Å². The first-order chi connectivity index (χ1) is 7.95. The normalized spacial score (nSPS) is 11.1. The molecule has 0 aliphatic carbocycles. The van der Waals surface area contributed by atoms with E-state index >= 15 is 0 Å². The molecule has 0 aromatic heterocycles. The van der Waals surface area contributed by atoms with Crippen molar-refractivity contribution in [3.8, 4) is 0 Å². The molecule has 2 N–H and O–H groups in total. The number of carboxylic acid groups (broad SMARTS) is 2. The van der Waals surface area contributed by atoms with Gasteiger partial charge >= 0.3 is 11.9 Å². The minimum atomic E-state index is -0.817. The van der Waals surface area contributed by atoms with Crippen molar-refractivity contribution in [2.24, 2.45) is 0 Å². The molecule has 0 fully saturated rings. The topological polar surface area (TPSA) is 74.6 Å². The predicted octanol–water partition coefficient (Wildman–Crippen LogP) is 2.69. The lowest BCUT2D eigenvalue weighted by molar-refractivity contribution is -0.137. The van der Waals surface area contributed by atoms with E-state index in [1.54, 1.807) is 6.08 Å². The van der Waals surface area contributed by atoms with E-state index in [1.807, 2.05) is 6.92 Å². The summed E-state index contributed by atoms with van der Waals surface area (Å²) in [5.41, 5.74) is 0. The van der Waals surface area contributed by atoms with Gasteiger partial charge in [0.25, 0.3) is 0 Å². The van der Waals surface area contributed by atoms with Gasteiger partial charge in [-0.3, -0.25) is 9.59 Å². The van der Waals surface area contributed by atoms with Crippen molar-refractivity contribution in [2.45, 2.75) is 30.3 Å². The van der Waals surface area contributed by atoms with Crippen molar-refractivity contribution in [3.63, 3.8) is 0 Å². The zero-order valence-corrected chi connectivity index (χ0v) is 11.5. The average Bonchev–Trinajstić information content (AvgIpc) is 2.26. The Balaban J connectivity index is 4.19. The molecule has 6 heteroatoms. The first kappa shape index (κ1) is 16.4. The van der Waals surface area contributed by atoms with Crippen molar-refractivity contribution < 1.29 is 19.8 Å². The Morgan fingerprint density at radius 2 is 1.59 bits per heavy atom. The third-order valence-electron chi connectivity index (χ3n) is 2.13. The van der Waals surface area contributed by atoms with E-state index in [2.05, 4.69) is 6.58 Å². The van der Waals surface area contributed by atoms with Gasteiger partial charge in [0.2, 0.25) is 0 Å². The molecule has 0 aromatic carbocycles. The van der Waals surface area contributed by atoms with Crippen LogP contribution in [0.4, 0.5) is 0 Å². The Kier molecular flexibility index (Phi) is 8.16. The van der Waals surface area contributed by atoms with E-state index in [0.717, 1.165) is 6.42 Å². The standard InChI is InChI=1S/C11H18O4S2/c1-3-11(4-2,16-7-5-9(12)13)17-8-6-10(14)15/h3H,1,4-8H2,2H3,(H,12,13)(H,14,15). The second-order valence-corrected chi connectivity index (χ2v) is 6.46. The molecule has 0 bridgehead atoms. The molecular weight excluding hydrogens is 260 g/mol. The molecule has 0 unspecified atom stereocenters. The molecule has 0 amide bonds. The number of aliphatic carboxylic acids is 2. The molecule has 0 radical (unpaired) electrons. The molecule has 0 saturated heterocycles. The van der Waals surface area contributed by atoms with Crippen molar-refractivity contribution in [1.29, 1.82) is 0 Å². The predicted molar refractivity (Wildman–Crippen MR) is 72.6 cm³/mol. The largest absolute Gasteiger partial charge is 0.481 e. The van der Waals surface area contributed by atoms with Gasteiger partial charge in [-0.05, 0) is 6.42 Å². The summed E-state index contributed by atoms with van der Waals surface area (Å²) in [7, 11) is 0. The summed E-state index contributed by atoms with van der Waals surface area (Å²) in [6, 6.07) is 0. The van der Waals surface area contributed by atoms with Gasteiger partial charge in [0, 0.05) is 11.5 Å². The highest BCUT2D eigenvalue weighted by atomic mass is 32.2. The molecule has 17 heavy (non-hydrogen) atoms. The summed E-state index contributed by atoms with van der Waals surface area (Å²) < 4.78 is -0.273. The molecule has 4 nitrogen and oxygen atoms in total. The van der Waals surface area contributed by atoms with Crippen LogP contribution in [0.3, 0.4) is 0 Å². The molecule has 0 rings (SSSR count). The number of carbonyl (C=O) groups is 2.